The summed E-state index contributed by atoms with van der Waals surface area (Å²) in [5, 5.41) is 0. The molecule has 0 spiro atoms. The number of aliphatic imine (C=N–C) groups is 1. The third-order valence-corrected chi connectivity index (χ3v) is 1.40. The molecular formula is C7H12N2. The minimum atomic E-state index is 0.729. The first-order valence-corrected chi connectivity index (χ1v) is 3.34. The summed E-state index contributed by atoms with van der Waals surface area (Å²) in [5.74, 6) is 0. The molecule has 0 radical (unpaired) electrons. The molecule has 0 amide bonds. The summed E-state index contributed by atoms with van der Waals surface area (Å²) >= 11 is 0. The lowest BCUT2D eigenvalue weighted by molar-refractivity contribution is 0.961. The van der Waals surface area contributed by atoms with Crippen molar-refractivity contribution in [1.29, 1.82) is 0 Å². The van der Waals surface area contributed by atoms with Gasteiger partial charge < -0.3 is 5.73 Å². The van der Waals surface area contributed by atoms with Crippen LogP contribution in [0.1, 0.15) is 19.3 Å². The van der Waals surface area contributed by atoms with Gasteiger partial charge in [0.15, 0.2) is 0 Å². The lowest BCUT2D eigenvalue weighted by Crippen LogP contribution is -2.08. The zero-order valence-electron chi connectivity index (χ0n) is 5.51. The molecule has 1 rings (SSSR count). The van der Waals surface area contributed by atoms with Crippen LogP contribution in [0.5, 0.6) is 0 Å². The largest absolute Gasteiger partial charge is 0.330 e. The van der Waals surface area contributed by atoms with Crippen LogP contribution in [-0.2, 0) is 0 Å². The van der Waals surface area contributed by atoms with Crippen molar-refractivity contribution >= 4 is 5.71 Å². The third kappa shape index (κ3) is 1.98. The van der Waals surface area contributed by atoms with Gasteiger partial charge in [0.25, 0.3) is 0 Å². The van der Waals surface area contributed by atoms with Crippen molar-refractivity contribution < 1.29 is 0 Å². The molecule has 0 saturated carbocycles. The predicted octanol–water partition coefficient (Wildman–Crippen LogP) is 1.08. The van der Waals surface area contributed by atoms with E-state index >= 15 is 0 Å². The Morgan fingerprint density at radius 1 is 1.67 bits per heavy atom. The molecule has 0 aliphatic carbocycles. The summed E-state index contributed by atoms with van der Waals surface area (Å²) < 4.78 is 0. The van der Waals surface area contributed by atoms with Gasteiger partial charge in [-0.05, 0) is 25.8 Å². The van der Waals surface area contributed by atoms with Crippen LogP contribution in [0.15, 0.2) is 17.3 Å². The van der Waals surface area contributed by atoms with Gasteiger partial charge in [-0.2, -0.15) is 0 Å². The van der Waals surface area contributed by atoms with Gasteiger partial charge in [-0.3, -0.25) is 4.99 Å². The van der Waals surface area contributed by atoms with Crippen LogP contribution in [0.25, 0.3) is 0 Å². The highest BCUT2D eigenvalue weighted by Crippen LogP contribution is 2.04. The fourth-order valence-electron chi connectivity index (χ4n) is 0.903. The Kier molecular flexibility index (Phi) is 2.46. The Labute approximate surface area is 55.5 Å². The number of hydrogen-bond donors (Lipinski definition) is 1. The summed E-state index contributed by atoms with van der Waals surface area (Å²) in [5.41, 5.74) is 6.60. The zero-order valence-corrected chi connectivity index (χ0v) is 5.51. The van der Waals surface area contributed by atoms with Crippen molar-refractivity contribution in [3.8, 4) is 0 Å². The summed E-state index contributed by atoms with van der Waals surface area (Å²) in [7, 11) is 0. The van der Waals surface area contributed by atoms with Crippen LogP contribution in [0.2, 0.25) is 0 Å². The smallest absolute Gasteiger partial charge is 0.0227 e. The molecule has 1 aliphatic heterocycles. The Balaban J connectivity index is 2.38. The van der Waals surface area contributed by atoms with Crippen LogP contribution in [0, 0.1) is 0 Å². The molecule has 9 heavy (non-hydrogen) atoms. The summed E-state index contributed by atoms with van der Waals surface area (Å²) in [6.07, 6.45) is 7.16. The van der Waals surface area contributed by atoms with Crippen LogP contribution in [0.4, 0.5) is 0 Å². The Hall–Kier alpha value is -0.630. The van der Waals surface area contributed by atoms with E-state index in [0.29, 0.717) is 0 Å². The molecule has 0 atom stereocenters. The number of allylic oxidation sites excluding steroid dienone is 1. The quantitative estimate of drug-likeness (QED) is 0.587. The molecule has 0 fully saturated rings. The maximum absolute atomic E-state index is 5.35. The lowest BCUT2D eigenvalue weighted by atomic mass is 10.1. The predicted molar refractivity (Wildman–Crippen MR) is 39.5 cm³/mol. The van der Waals surface area contributed by atoms with E-state index in [-0.39, 0.29) is 0 Å². The van der Waals surface area contributed by atoms with E-state index in [1.807, 2.05) is 6.20 Å². The number of nitrogens with two attached hydrogens (primary N) is 1. The molecule has 50 valence electrons. The fraction of sp³-hybridized carbons (Fsp3) is 0.571. The molecule has 1 aliphatic rings. The average molecular weight is 124 g/mol. The van der Waals surface area contributed by atoms with Crippen LogP contribution >= 0.6 is 0 Å². The van der Waals surface area contributed by atoms with Gasteiger partial charge in [-0.25, -0.2) is 0 Å². The topological polar surface area (TPSA) is 38.4 Å². The van der Waals surface area contributed by atoms with Crippen molar-refractivity contribution in [3.63, 3.8) is 0 Å². The molecule has 0 aromatic rings. The highest BCUT2D eigenvalue weighted by atomic mass is 14.7. The number of hydrogen-bond acceptors (Lipinski definition) is 2. The SMILES string of the molecule is NCCC1=NC=CCC1. The van der Waals surface area contributed by atoms with E-state index < -0.39 is 0 Å². The molecule has 2 heteroatoms. The van der Waals surface area contributed by atoms with Gasteiger partial charge in [0.2, 0.25) is 0 Å². The highest BCUT2D eigenvalue weighted by Gasteiger charge is 1.98. The van der Waals surface area contributed by atoms with E-state index in [1.54, 1.807) is 0 Å². The van der Waals surface area contributed by atoms with Gasteiger partial charge in [0, 0.05) is 11.9 Å². The first-order chi connectivity index (χ1) is 4.43. The molecule has 2 nitrogen and oxygen atoms in total. The molecule has 0 aromatic heterocycles. The molecule has 1 heterocycles. The Morgan fingerprint density at radius 2 is 2.56 bits per heavy atom. The Bertz CT molecular complexity index is 136. The van der Waals surface area contributed by atoms with Gasteiger partial charge >= 0.3 is 0 Å². The van der Waals surface area contributed by atoms with Crippen LogP contribution < -0.4 is 5.73 Å². The van der Waals surface area contributed by atoms with E-state index in [9.17, 15) is 0 Å². The summed E-state index contributed by atoms with van der Waals surface area (Å²) in [4.78, 5) is 4.18. The third-order valence-electron chi connectivity index (χ3n) is 1.40. The fourth-order valence-corrected chi connectivity index (χ4v) is 0.903. The van der Waals surface area contributed by atoms with Crippen LogP contribution in [0.3, 0.4) is 0 Å². The molecule has 0 bridgehead atoms. The van der Waals surface area contributed by atoms with Gasteiger partial charge in [-0.15, -0.1) is 0 Å². The van der Waals surface area contributed by atoms with E-state index in [4.69, 9.17) is 5.73 Å². The van der Waals surface area contributed by atoms with Crippen molar-refractivity contribution in [1.82, 2.24) is 0 Å². The van der Waals surface area contributed by atoms with Gasteiger partial charge in [0.05, 0.1) is 0 Å². The van der Waals surface area contributed by atoms with E-state index in [0.717, 1.165) is 25.8 Å². The second-order valence-electron chi connectivity index (χ2n) is 2.16. The van der Waals surface area contributed by atoms with Crippen molar-refractivity contribution in [2.24, 2.45) is 10.7 Å². The maximum Gasteiger partial charge on any atom is 0.0227 e. The first-order valence-electron chi connectivity index (χ1n) is 3.34. The standard InChI is InChI=1S/C7H12N2/c8-5-4-7-3-1-2-6-9-7/h2,6H,1,3-5,8H2. The normalized spacial score (nSPS) is 17.7. The van der Waals surface area contributed by atoms with Gasteiger partial charge in [0.1, 0.15) is 0 Å². The maximum atomic E-state index is 5.35. The summed E-state index contributed by atoms with van der Waals surface area (Å²) in [6, 6.07) is 0. The number of nitrogens with zero attached hydrogens (tertiary/aromatic N) is 1. The second kappa shape index (κ2) is 3.41. The number of rotatable bonds is 2. The van der Waals surface area contributed by atoms with E-state index in [1.165, 1.54) is 5.71 Å². The minimum Gasteiger partial charge on any atom is -0.330 e. The van der Waals surface area contributed by atoms with Crippen molar-refractivity contribution in [2.45, 2.75) is 19.3 Å². The second-order valence-corrected chi connectivity index (χ2v) is 2.16. The van der Waals surface area contributed by atoms with Crippen molar-refractivity contribution in [2.75, 3.05) is 6.54 Å². The highest BCUT2D eigenvalue weighted by molar-refractivity contribution is 5.85. The van der Waals surface area contributed by atoms with Gasteiger partial charge in [-0.1, -0.05) is 6.08 Å². The van der Waals surface area contributed by atoms with Crippen molar-refractivity contribution in [3.05, 3.63) is 12.3 Å². The lowest BCUT2D eigenvalue weighted by Gasteiger charge is -2.04. The zero-order chi connectivity index (χ0) is 6.53. The Morgan fingerprint density at radius 3 is 3.11 bits per heavy atom. The molecule has 0 unspecified atom stereocenters. The molecule has 2 N–H and O–H groups in total. The molecule has 0 saturated heterocycles. The first kappa shape index (κ1) is 6.49. The monoisotopic (exact) mass is 124 g/mol. The molecule has 0 aromatic carbocycles. The minimum absolute atomic E-state index is 0.729. The molecular weight excluding hydrogens is 112 g/mol. The average Bonchev–Trinajstić information content (AvgIpc) is 1.91. The van der Waals surface area contributed by atoms with Crippen LogP contribution in [-0.4, -0.2) is 12.3 Å². The van der Waals surface area contributed by atoms with E-state index in [2.05, 4.69) is 11.1 Å². The summed E-state index contributed by atoms with van der Waals surface area (Å²) in [6.45, 7) is 0.729.